The summed E-state index contributed by atoms with van der Waals surface area (Å²) < 4.78 is 51.0. The van der Waals surface area contributed by atoms with E-state index >= 15 is 0 Å². The molecule has 1 aromatic carbocycles. The van der Waals surface area contributed by atoms with Crippen LogP contribution in [0.5, 0.6) is 5.75 Å². The van der Waals surface area contributed by atoms with Gasteiger partial charge < -0.3 is 20.5 Å². The average Bonchev–Trinajstić information content (AvgIpc) is 3.60. The Kier molecular flexibility index (Phi) is 8.37. The van der Waals surface area contributed by atoms with Crippen LogP contribution < -0.4 is 15.8 Å². The summed E-state index contributed by atoms with van der Waals surface area (Å²) in [5.74, 6) is 0.599. The van der Waals surface area contributed by atoms with E-state index in [1.165, 1.54) is 6.07 Å². The molecule has 1 heterocycles. The molecule has 7 nitrogen and oxygen atoms in total. The van der Waals surface area contributed by atoms with Gasteiger partial charge in [0.05, 0.1) is 29.5 Å². The van der Waals surface area contributed by atoms with Crippen LogP contribution in [0.4, 0.5) is 24.7 Å². The van der Waals surface area contributed by atoms with E-state index in [2.05, 4.69) is 20.3 Å². The molecule has 34 heavy (non-hydrogen) atoms. The van der Waals surface area contributed by atoms with E-state index in [9.17, 15) is 13.2 Å². The van der Waals surface area contributed by atoms with Crippen molar-refractivity contribution in [3.8, 4) is 5.75 Å². The molecule has 0 unspecified atom stereocenters. The zero-order valence-electron chi connectivity index (χ0n) is 19.1. The summed E-state index contributed by atoms with van der Waals surface area (Å²) in [6, 6.07) is 5.13. The SMILES string of the molecule is C/C=N/c1cc(Cl)c(OCCOC2CC2)cc1/C(=N\C)N[C@H](C)c1cc(N)nc(C(F)(F)F)c1. The first-order valence-electron chi connectivity index (χ1n) is 10.8. The number of aromatic nitrogens is 1. The number of aliphatic imine (C=N–C) groups is 2. The number of nitrogens with one attached hydrogen (secondary N) is 1. The van der Waals surface area contributed by atoms with Gasteiger partial charge in [-0.2, -0.15) is 13.2 Å². The first kappa shape index (κ1) is 25.8. The van der Waals surface area contributed by atoms with Gasteiger partial charge in [0.15, 0.2) is 0 Å². The third-order valence-electron chi connectivity index (χ3n) is 5.03. The number of anilines is 1. The lowest BCUT2D eigenvalue weighted by atomic mass is 10.1. The van der Waals surface area contributed by atoms with Crippen molar-refractivity contribution < 1.29 is 22.6 Å². The summed E-state index contributed by atoms with van der Waals surface area (Å²) in [5.41, 5.74) is 5.98. The molecule has 0 bridgehead atoms. The minimum absolute atomic E-state index is 0.222. The van der Waals surface area contributed by atoms with Gasteiger partial charge in [0.2, 0.25) is 0 Å². The van der Waals surface area contributed by atoms with Gasteiger partial charge in [0.25, 0.3) is 0 Å². The molecule has 1 saturated carbocycles. The number of pyridine rings is 1. The summed E-state index contributed by atoms with van der Waals surface area (Å²) in [7, 11) is 1.56. The van der Waals surface area contributed by atoms with Crippen LogP contribution in [0, 0.1) is 0 Å². The molecule has 184 valence electrons. The zero-order chi connectivity index (χ0) is 24.9. The van der Waals surface area contributed by atoms with Crippen LogP contribution in [0.1, 0.15) is 49.6 Å². The predicted molar refractivity (Wildman–Crippen MR) is 127 cm³/mol. The molecule has 1 aliphatic carbocycles. The number of hydrogen-bond acceptors (Lipinski definition) is 6. The van der Waals surface area contributed by atoms with E-state index in [0.717, 1.165) is 18.9 Å². The Bertz CT molecular complexity index is 1070. The average molecular weight is 498 g/mol. The van der Waals surface area contributed by atoms with Crippen LogP contribution in [0.3, 0.4) is 0 Å². The number of rotatable bonds is 9. The molecule has 3 rings (SSSR count). The number of amidine groups is 1. The van der Waals surface area contributed by atoms with Gasteiger partial charge in [-0.15, -0.1) is 0 Å². The highest BCUT2D eigenvalue weighted by Gasteiger charge is 2.33. The van der Waals surface area contributed by atoms with Crippen LogP contribution in [0.15, 0.2) is 34.3 Å². The second-order valence-electron chi connectivity index (χ2n) is 7.75. The molecule has 3 N–H and O–H groups in total. The largest absolute Gasteiger partial charge is 0.490 e. The van der Waals surface area contributed by atoms with Gasteiger partial charge in [-0.05, 0) is 56.5 Å². The number of ether oxygens (including phenoxy) is 2. The van der Waals surface area contributed by atoms with Crippen LogP contribution in [0.25, 0.3) is 0 Å². The Morgan fingerprint density at radius 1 is 1.29 bits per heavy atom. The third kappa shape index (κ3) is 6.83. The number of benzene rings is 1. The molecule has 0 spiro atoms. The first-order valence-corrected chi connectivity index (χ1v) is 11.1. The fourth-order valence-electron chi connectivity index (χ4n) is 3.21. The van der Waals surface area contributed by atoms with Gasteiger partial charge in [0, 0.05) is 18.8 Å². The first-order chi connectivity index (χ1) is 16.1. The van der Waals surface area contributed by atoms with Crippen LogP contribution >= 0.6 is 11.6 Å². The van der Waals surface area contributed by atoms with Gasteiger partial charge in [0.1, 0.15) is 29.7 Å². The lowest BCUT2D eigenvalue weighted by Crippen LogP contribution is -2.28. The van der Waals surface area contributed by atoms with Crippen molar-refractivity contribution in [2.24, 2.45) is 9.98 Å². The van der Waals surface area contributed by atoms with E-state index in [0.29, 0.717) is 52.7 Å². The molecular formula is C23H27ClF3N5O2. The summed E-state index contributed by atoms with van der Waals surface area (Å²) >= 11 is 6.39. The number of nitrogens with two attached hydrogens (primary N) is 1. The van der Waals surface area contributed by atoms with Crippen LogP contribution in [0.2, 0.25) is 5.02 Å². The second-order valence-corrected chi connectivity index (χ2v) is 8.16. The molecule has 1 aromatic heterocycles. The smallest absolute Gasteiger partial charge is 0.433 e. The highest BCUT2D eigenvalue weighted by Crippen LogP contribution is 2.34. The second kappa shape index (κ2) is 11.1. The van der Waals surface area contributed by atoms with Crippen LogP contribution in [-0.2, 0) is 10.9 Å². The Morgan fingerprint density at radius 3 is 2.65 bits per heavy atom. The molecule has 11 heteroatoms. The monoisotopic (exact) mass is 497 g/mol. The Morgan fingerprint density at radius 2 is 2.03 bits per heavy atom. The van der Waals surface area contributed by atoms with Crippen molar-refractivity contribution in [1.29, 1.82) is 0 Å². The Labute approximate surface area is 201 Å². The molecule has 0 amide bonds. The van der Waals surface area contributed by atoms with E-state index in [1.54, 1.807) is 39.2 Å². The minimum Gasteiger partial charge on any atom is -0.490 e. The molecule has 0 aliphatic heterocycles. The summed E-state index contributed by atoms with van der Waals surface area (Å²) in [6.07, 6.45) is -0.541. The maximum Gasteiger partial charge on any atom is 0.433 e. The van der Waals surface area contributed by atoms with E-state index in [-0.39, 0.29) is 5.82 Å². The van der Waals surface area contributed by atoms with Crippen molar-refractivity contribution in [2.75, 3.05) is 26.0 Å². The number of nitrogens with zero attached hydrogens (tertiary/aromatic N) is 3. The lowest BCUT2D eigenvalue weighted by Gasteiger charge is -2.20. The molecular weight excluding hydrogens is 471 g/mol. The van der Waals surface area contributed by atoms with Crippen molar-refractivity contribution in [1.82, 2.24) is 10.3 Å². The lowest BCUT2D eigenvalue weighted by molar-refractivity contribution is -0.141. The van der Waals surface area contributed by atoms with E-state index < -0.39 is 17.9 Å². The number of nitrogen functional groups attached to an aromatic ring is 1. The topological polar surface area (TPSA) is 94.1 Å². The third-order valence-corrected chi connectivity index (χ3v) is 5.32. The summed E-state index contributed by atoms with van der Waals surface area (Å²) in [4.78, 5) is 12.0. The van der Waals surface area contributed by atoms with E-state index in [4.69, 9.17) is 26.8 Å². The highest BCUT2D eigenvalue weighted by atomic mass is 35.5. The molecule has 1 fully saturated rings. The number of halogens is 4. The maximum absolute atomic E-state index is 13.2. The number of hydrogen-bond donors (Lipinski definition) is 2. The maximum atomic E-state index is 13.2. The zero-order valence-corrected chi connectivity index (χ0v) is 19.9. The van der Waals surface area contributed by atoms with Gasteiger partial charge >= 0.3 is 6.18 Å². The molecule has 1 aliphatic rings. The Hall–Kier alpha value is -2.85. The van der Waals surface area contributed by atoms with Gasteiger partial charge in [-0.25, -0.2) is 4.98 Å². The molecule has 0 radical (unpaired) electrons. The minimum atomic E-state index is -4.61. The quantitative estimate of drug-likeness (QED) is 0.277. The fraction of sp³-hybridized carbons (Fsp3) is 0.435. The van der Waals surface area contributed by atoms with Crippen LogP contribution in [-0.4, -0.2) is 43.4 Å². The predicted octanol–water partition coefficient (Wildman–Crippen LogP) is 5.34. The molecule has 0 saturated heterocycles. The summed E-state index contributed by atoms with van der Waals surface area (Å²) in [5, 5.41) is 3.51. The fourth-order valence-corrected chi connectivity index (χ4v) is 3.42. The van der Waals surface area contributed by atoms with Crippen molar-refractivity contribution >= 4 is 35.2 Å². The van der Waals surface area contributed by atoms with Gasteiger partial charge in [-0.1, -0.05) is 11.6 Å². The summed E-state index contributed by atoms with van der Waals surface area (Å²) in [6.45, 7) is 4.23. The number of alkyl halides is 3. The van der Waals surface area contributed by atoms with Gasteiger partial charge in [-0.3, -0.25) is 9.98 Å². The molecule has 2 aromatic rings. The highest BCUT2D eigenvalue weighted by molar-refractivity contribution is 6.32. The van der Waals surface area contributed by atoms with Crippen molar-refractivity contribution in [3.63, 3.8) is 0 Å². The van der Waals surface area contributed by atoms with Crippen molar-refractivity contribution in [3.05, 3.63) is 46.1 Å². The van der Waals surface area contributed by atoms with Crippen molar-refractivity contribution in [2.45, 2.75) is 45.0 Å². The standard InChI is InChI=1S/C23H27ClF3N5O2/c1-4-30-18-12-17(24)19(34-8-7-33-15-5-6-15)11-16(18)22(29-3)31-13(2)14-9-20(23(25,26)27)32-21(28)10-14/h4,9-13,15H,5-8H2,1-3H3,(H2,28,32)(H,29,31)/b30-4+/t13-/m1/s1. The molecule has 1 atom stereocenters. The van der Waals surface area contributed by atoms with E-state index in [1.807, 2.05) is 0 Å². The Balaban J connectivity index is 1.85. The normalized spacial score (nSPS) is 15.6.